The summed E-state index contributed by atoms with van der Waals surface area (Å²) in [7, 11) is 0. The molecule has 0 radical (unpaired) electrons. The molecule has 18 heavy (non-hydrogen) atoms. The van der Waals surface area contributed by atoms with Crippen LogP contribution in [0.25, 0.3) is 22.6 Å². The van der Waals surface area contributed by atoms with E-state index in [2.05, 4.69) is 4.98 Å². The van der Waals surface area contributed by atoms with Crippen molar-refractivity contribution in [3.8, 4) is 11.5 Å². The fraction of sp³-hybridized carbons (Fsp3) is 0.133. The summed E-state index contributed by atoms with van der Waals surface area (Å²) in [5.41, 5.74) is 10.5. The second kappa shape index (κ2) is 4.27. The predicted octanol–water partition coefficient (Wildman–Crippen LogP) is 3.26. The zero-order chi connectivity index (χ0) is 12.5. The van der Waals surface area contributed by atoms with Crippen molar-refractivity contribution in [1.29, 1.82) is 0 Å². The van der Waals surface area contributed by atoms with Crippen LogP contribution < -0.4 is 5.73 Å². The van der Waals surface area contributed by atoms with Gasteiger partial charge in [0.25, 0.3) is 0 Å². The lowest BCUT2D eigenvalue weighted by atomic mass is 10.1. The summed E-state index contributed by atoms with van der Waals surface area (Å²) >= 11 is 0. The summed E-state index contributed by atoms with van der Waals surface area (Å²) in [6.45, 7) is 2.58. The maximum atomic E-state index is 5.77. The SMILES string of the molecule is Cc1cccc2oc(-c3ccc(CN)cc3)nc12. The van der Waals surface area contributed by atoms with Gasteiger partial charge in [0.1, 0.15) is 5.52 Å². The number of rotatable bonds is 2. The maximum absolute atomic E-state index is 5.77. The van der Waals surface area contributed by atoms with Crippen LogP contribution in [0.15, 0.2) is 46.9 Å². The molecule has 90 valence electrons. The number of fused-ring (bicyclic) bond motifs is 1. The van der Waals surface area contributed by atoms with Gasteiger partial charge < -0.3 is 10.2 Å². The average molecular weight is 238 g/mol. The normalized spacial score (nSPS) is 11.0. The lowest BCUT2D eigenvalue weighted by molar-refractivity contribution is 0.620. The van der Waals surface area contributed by atoms with Crippen LogP contribution in [0, 0.1) is 6.92 Å². The molecule has 0 saturated heterocycles. The smallest absolute Gasteiger partial charge is 0.227 e. The van der Waals surface area contributed by atoms with Crippen LogP contribution in [-0.2, 0) is 6.54 Å². The van der Waals surface area contributed by atoms with Crippen molar-refractivity contribution in [1.82, 2.24) is 4.98 Å². The summed E-state index contributed by atoms with van der Waals surface area (Å²) in [5.74, 6) is 0.655. The van der Waals surface area contributed by atoms with Crippen LogP contribution in [0.1, 0.15) is 11.1 Å². The van der Waals surface area contributed by atoms with Crippen LogP contribution in [0.2, 0.25) is 0 Å². The minimum absolute atomic E-state index is 0.549. The molecule has 3 nitrogen and oxygen atoms in total. The number of aryl methyl sites for hydroxylation is 1. The molecular weight excluding hydrogens is 224 g/mol. The van der Waals surface area contributed by atoms with E-state index in [1.165, 1.54) is 0 Å². The molecule has 2 aromatic carbocycles. The van der Waals surface area contributed by atoms with E-state index in [0.717, 1.165) is 27.8 Å². The average Bonchev–Trinajstić information content (AvgIpc) is 2.84. The first-order chi connectivity index (χ1) is 8.78. The van der Waals surface area contributed by atoms with Gasteiger partial charge in [-0.15, -0.1) is 0 Å². The molecule has 1 heterocycles. The highest BCUT2D eigenvalue weighted by Gasteiger charge is 2.09. The summed E-state index contributed by atoms with van der Waals surface area (Å²) in [6, 6.07) is 13.9. The van der Waals surface area contributed by atoms with E-state index in [4.69, 9.17) is 10.2 Å². The molecule has 0 unspecified atom stereocenters. The standard InChI is InChI=1S/C15H14N2O/c1-10-3-2-4-13-14(10)17-15(18-13)12-7-5-11(9-16)6-8-12/h2-8H,9,16H2,1H3. The molecule has 0 fully saturated rings. The topological polar surface area (TPSA) is 52.0 Å². The lowest BCUT2D eigenvalue weighted by Crippen LogP contribution is -1.95. The number of nitrogens with two attached hydrogens (primary N) is 1. The van der Waals surface area contributed by atoms with E-state index >= 15 is 0 Å². The molecule has 0 aliphatic heterocycles. The number of hydrogen-bond donors (Lipinski definition) is 1. The highest BCUT2D eigenvalue weighted by molar-refractivity contribution is 5.79. The van der Waals surface area contributed by atoms with Crippen molar-refractivity contribution >= 4 is 11.1 Å². The van der Waals surface area contributed by atoms with Crippen molar-refractivity contribution in [3.63, 3.8) is 0 Å². The third-order valence-electron chi connectivity index (χ3n) is 3.06. The zero-order valence-electron chi connectivity index (χ0n) is 10.2. The van der Waals surface area contributed by atoms with Gasteiger partial charge in [-0.05, 0) is 36.2 Å². The Kier molecular flexibility index (Phi) is 2.61. The van der Waals surface area contributed by atoms with Crippen LogP contribution in [0.4, 0.5) is 0 Å². The van der Waals surface area contributed by atoms with Crippen LogP contribution in [-0.4, -0.2) is 4.98 Å². The van der Waals surface area contributed by atoms with Gasteiger partial charge in [0.05, 0.1) is 0 Å². The van der Waals surface area contributed by atoms with Crippen LogP contribution >= 0.6 is 0 Å². The Morgan fingerprint density at radius 1 is 1.11 bits per heavy atom. The Morgan fingerprint density at radius 3 is 2.56 bits per heavy atom. The van der Waals surface area contributed by atoms with E-state index < -0.39 is 0 Å². The quantitative estimate of drug-likeness (QED) is 0.745. The molecule has 0 amide bonds. The van der Waals surface area contributed by atoms with Crippen molar-refractivity contribution in [2.24, 2.45) is 5.73 Å². The fourth-order valence-corrected chi connectivity index (χ4v) is 1.99. The fourth-order valence-electron chi connectivity index (χ4n) is 1.99. The van der Waals surface area contributed by atoms with Gasteiger partial charge in [-0.25, -0.2) is 4.98 Å². The zero-order valence-corrected chi connectivity index (χ0v) is 10.2. The van der Waals surface area contributed by atoms with E-state index in [1.54, 1.807) is 0 Å². The molecule has 3 rings (SSSR count). The summed E-state index contributed by atoms with van der Waals surface area (Å²) in [4.78, 5) is 4.54. The molecular formula is C15H14N2O. The Bertz CT molecular complexity index is 683. The first kappa shape index (κ1) is 11.0. The highest BCUT2D eigenvalue weighted by Crippen LogP contribution is 2.26. The number of hydrogen-bond acceptors (Lipinski definition) is 3. The van der Waals surface area contributed by atoms with Crippen molar-refractivity contribution < 1.29 is 4.42 Å². The van der Waals surface area contributed by atoms with E-state index in [1.807, 2.05) is 49.4 Å². The lowest BCUT2D eigenvalue weighted by Gasteiger charge is -1.97. The third-order valence-corrected chi connectivity index (χ3v) is 3.06. The molecule has 0 bridgehead atoms. The Labute approximate surface area is 105 Å². The second-order valence-corrected chi connectivity index (χ2v) is 4.34. The molecule has 0 atom stereocenters. The van der Waals surface area contributed by atoms with Crippen LogP contribution in [0.3, 0.4) is 0 Å². The van der Waals surface area contributed by atoms with Crippen LogP contribution in [0.5, 0.6) is 0 Å². The van der Waals surface area contributed by atoms with Crippen molar-refractivity contribution in [2.45, 2.75) is 13.5 Å². The van der Waals surface area contributed by atoms with Gasteiger partial charge in [-0.2, -0.15) is 0 Å². The second-order valence-electron chi connectivity index (χ2n) is 4.34. The Balaban J connectivity index is 2.10. The number of benzene rings is 2. The van der Waals surface area contributed by atoms with Gasteiger partial charge in [0, 0.05) is 12.1 Å². The number of nitrogens with zero attached hydrogens (tertiary/aromatic N) is 1. The molecule has 1 aromatic heterocycles. The van der Waals surface area contributed by atoms with Gasteiger partial charge in [-0.3, -0.25) is 0 Å². The van der Waals surface area contributed by atoms with Gasteiger partial charge in [0.2, 0.25) is 5.89 Å². The Morgan fingerprint density at radius 2 is 1.89 bits per heavy atom. The highest BCUT2D eigenvalue weighted by atomic mass is 16.3. The molecule has 0 aliphatic carbocycles. The molecule has 0 saturated carbocycles. The maximum Gasteiger partial charge on any atom is 0.227 e. The molecule has 3 heteroatoms. The molecule has 3 aromatic rings. The van der Waals surface area contributed by atoms with Gasteiger partial charge >= 0.3 is 0 Å². The molecule has 2 N–H and O–H groups in total. The monoisotopic (exact) mass is 238 g/mol. The Hall–Kier alpha value is -2.13. The molecule has 0 aliphatic rings. The van der Waals surface area contributed by atoms with Gasteiger partial charge in [-0.1, -0.05) is 24.3 Å². The first-order valence-corrected chi connectivity index (χ1v) is 5.93. The predicted molar refractivity (Wildman–Crippen MR) is 72.1 cm³/mol. The minimum atomic E-state index is 0.549. The van der Waals surface area contributed by atoms with E-state index in [0.29, 0.717) is 12.4 Å². The minimum Gasteiger partial charge on any atom is -0.436 e. The largest absolute Gasteiger partial charge is 0.436 e. The number of aromatic nitrogens is 1. The molecule has 0 spiro atoms. The summed E-state index contributed by atoms with van der Waals surface area (Å²) in [5, 5.41) is 0. The van der Waals surface area contributed by atoms with Gasteiger partial charge in [0.15, 0.2) is 5.58 Å². The summed E-state index contributed by atoms with van der Waals surface area (Å²) in [6.07, 6.45) is 0. The number of oxazole rings is 1. The van der Waals surface area contributed by atoms with Crippen molar-refractivity contribution in [3.05, 3.63) is 53.6 Å². The van der Waals surface area contributed by atoms with E-state index in [-0.39, 0.29) is 0 Å². The third kappa shape index (κ3) is 1.79. The first-order valence-electron chi connectivity index (χ1n) is 5.93. The summed E-state index contributed by atoms with van der Waals surface area (Å²) < 4.78 is 5.77. The van der Waals surface area contributed by atoms with Crippen molar-refractivity contribution in [2.75, 3.05) is 0 Å². The number of para-hydroxylation sites is 1. The van der Waals surface area contributed by atoms with E-state index in [9.17, 15) is 0 Å².